The molecule has 0 saturated carbocycles. The number of ketones is 1. The summed E-state index contributed by atoms with van der Waals surface area (Å²) in [5, 5.41) is 64.5. The van der Waals surface area contributed by atoms with Gasteiger partial charge in [-0.15, -0.1) is 11.3 Å². The summed E-state index contributed by atoms with van der Waals surface area (Å²) in [6.45, 7) is 11.4. The van der Waals surface area contributed by atoms with Crippen molar-refractivity contribution in [1.82, 2.24) is 4.98 Å². The molecule has 0 aliphatic heterocycles. The van der Waals surface area contributed by atoms with Crippen LogP contribution in [-0.2, 0) is 9.59 Å². The molecule has 0 aromatic carbocycles. The van der Waals surface area contributed by atoms with E-state index in [0.717, 1.165) is 10.7 Å². The minimum atomic E-state index is -1.46. The number of carboxylic acid groups (broad SMARTS) is 1. The fraction of sp³-hybridized carbons (Fsp3) is 0.741. The van der Waals surface area contributed by atoms with Crippen LogP contribution in [-0.4, -0.2) is 77.4 Å². The van der Waals surface area contributed by atoms with Crippen LogP contribution < -0.4 is 0 Å². The lowest BCUT2D eigenvalue weighted by atomic mass is 9.73. The second-order valence-corrected chi connectivity index (χ2v) is 12.2. The summed E-state index contributed by atoms with van der Waals surface area (Å²) >= 11 is 1.50. The molecule has 0 radical (unpaired) electrons. The van der Waals surface area contributed by atoms with Crippen LogP contribution >= 0.6 is 11.3 Å². The van der Waals surface area contributed by atoms with Gasteiger partial charge in [-0.3, -0.25) is 9.59 Å². The Labute approximate surface area is 223 Å². The lowest BCUT2D eigenvalue weighted by molar-refractivity contribution is -0.147. The largest absolute Gasteiger partial charge is 0.481 e. The Morgan fingerprint density at radius 1 is 1.11 bits per heavy atom. The van der Waals surface area contributed by atoms with Gasteiger partial charge in [0.05, 0.1) is 52.6 Å². The normalized spacial score (nSPS) is 19.4. The van der Waals surface area contributed by atoms with Gasteiger partial charge in [0.2, 0.25) is 0 Å². The van der Waals surface area contributed by atoms with Crippen molar-refractivity contribution >= 4 is 29.2 Å². The maximum atomic E-state index is 12.9. The third kappa shape index (κ3) is 9.85. The molecule has 0 amide bonds. The zero-order chi connectivity index (χ0) is 28.7. The van der Waals surface area contributed by atoms with Gasteiger partial charge < -0.3 is 30.6 Å². The molecule has 0 fully saturated rings. The van der Waals surface area contributed by atoms with Crippen molar-refractivity contribution in [1.29, 1.82) is 0 Å². The van der Waals surface area contributed by atoms with Gasteiger partial charge in [0, 0.05) is 17.7 Å². The molecule has 6 N–H and O–H groups in total. The van der Waals surface area contributed by atoms with E-state index in [9.17, 15) is 35.1 Å². The molecule has 9 nitrogen and oxygen atoms in total. The highest BCUT2D eigenvalue weighted by Gasteiger charge is 2.42. The number of thiazole rings is 1. The molecule has 10 heteroatoms. The zero-order valence-corrected chi connectivity index (χ0v) is 23.8. The van der Waals surface area contributed by atoms with Crippen molar-refractivity contribution in [3.05, 3.63) is 21.7 Å². The Hall–Kier alpha value is -1.69. The van der Waals surface area contributed by atoms with Gasteiger partial charge in [0.15, 0.2) is 0 Å². The van der Waals surface area contributed by atoms with E-state index in [-0.39, 0.29) is 18.8 Å². The molecule has 0 saturated heterocycles. The highest BCUT2D eigenvalue weighted by atomic mass is 32.1. The number of aliphatic hydroxyl groups excluding tert-OH is 4. The van der Waals surface area contributed by atoms with Crippen LogP contribution in [0.1, 0.15) is 84.3 Å². The van der Waals surface area contributed by atoms with Gasteiger partial charge in [-0.2, -0.15) is 0 Å². The minimum Gasteiger partial charge on any atom is -0.481 e. The monoisotopic (exact) mass is 543 g/mol. The summed E-state index contributed by atoms with van der Waals surface area (Å²) < 4.78 is 0. The zero-order valence-electron chi connectivity index (χ0n) is 23.0. The van der Waals surface area contributed by atoms with Gasteiger partial charge in [-0.1, -0.05) is 34.1 Å². The Bertz CT molecular complexity index is 925. The van der Waals surface area contributed by atoms with E-state index in [1.54, 1.807) is 26.8 Å². The van der Waals surface area contributed by atoms with Crippen LogP contribution in [0, 0.1) is 24.2 Å². The first-order chi connectivity index (χ1) is 16.9. The van der Waals surface area contributed by atoms with E-state index in [4.69, 9.17) is 5.11 Å². The van der Waals surface area contributed by atoms with Gasteiger partial charge in [0.1, 0.15) is 5.78 Å². The number of carboxylic acids is 1. The van der Waals surface area contributed by atoms with E-state index in [1.165, 1.54) is 32.1 Å². The van der Waals surface area contributed by atoms with Crippen molar-refractivity contribution < 1.29 is 40.2 Å². The molecule has 1 heterocycles. The lowest BCUT2D eigenvalue weighted by Gasteiger charge is -2.34. The third-order valence-corrected chi connectivity index (χ3v) is 8.18. The summed E-state index contributed by atoms with van der Waals surface area (Å²) in [6.07, 6.45) is -2.25. The van der Waals surface area contributed by atoms with E-state index in [2.05, 4.69) is 4.98 Å². The first-order valence-electron chi connectivity index (χ1n) is 12.7. The SMILES string of the molecule is C/C(=C\c1csc(C)n1)[C@@H](O)CC(O)C(C)(O)CCC[C@H](C)[C@H](O)[C@@H](C)C(=O)C(C)(C)[C@@H](O)CC(=O)O. The molecule has 7 atom stereocenters. The Morgan fingerprint density at radius 3 is 2.22 bits per heavy atom. The quantitative estimate of drug-likeness (QED) is 0.184. The van der Waals surface area contributed by atoms with E-state index in [1.807, 2.05) is 12.3 Å². The molecule has 37 heavy (non-hydrogen) atoms. The van der Waals surface area contributed by atoms with Crippen molar-refractivity contribution in [2.75, 3.05) is 0 Å². The second-order valence-electron chi connectivity index (χ2n) is 11.2. The molecule has 212 valence electrons. The molecule has 2 unspecified atom stereocenters. The highest BCUT2D eigenvalue weighted by Crippen LogP contribution is 2.32. The topological polar surface area (TPSA) is 168 Å². The first-order valence-corrected chi connectivity index (χ1v) is 13.6. The lowest BCUT2D eigenvalue weighted by Crippen LogP contribution is -2.45. The number of Topliss-reactive ketones (excluding diaryl/α,β-unsaturated/α-hetero) is 1. The Kier molecular flexibility index (Phi) is 12.5. The summed E-state index contributed by atoms with van der Waals surface area (Å²) in [5.41, 5.74) is -1.43. The van der Waals surface area contributed by atoms with E-state index in [0.29, 0.717) is 18.4 Å². The molecule has 1 aromatic heterocycles. The van der Waals surface area contributed by atoms with Crippen molar-refractivity contribution in [3.8, 4) is 0 Å². The van der Waals surface area contributed by atoms with E-state index < -0.39 is 59.5 Å². The Morgan fingerprint density at radius 2 is 1.70 bits per heavy atom. The number of aromatic nitrogens is 1. The van der Waals surface area contributed by atoms with Crippen molar-refractivity contribution in [3.63, 3.8) is 0 Å². The summed E-state index contributed by atoms with van der Waals surface area (Å²) in [5.74, 6) is -2.78. The standard InChI is InChI=1S/C27H45NO8S/c1-15(24(34)17(3)25(35)26(5,6)21(30)13-23(32)33)9-8-10-27(7,36)22(31)12-20(29)16(2)11-19-14-37-18(4)28-19/h11,14-15,17,20-22,24,29-31,34,36H,8-10,12-13H2,1-7H3,(H,32,33)/b16-11+/t15-,17+,20-,21-,22?,24-,27?/m0/s1. The predicted octanol–water partition coefficient (Wildman–Crippen LogP) is 2.95. The summed E-state index contributed by atoms with van der Waals surface area (Å²) in [4.78, 5) is 28.2. The van der Waals surface area contributed by atoms with Gasteiger partial charge in [-0.25, -0.2) is 4.98 Å². The first kappa shape index (κ1) is 33.3. The molecule has 0 aliphatic carbocycles. The average molecular weight is 544 g/mol. The smallest absolute Gasteiger partial charge is 0.306 e. The third-order valence-electron chi connectivity index (χ3n) is 7.39. The van der Waals surface area contributed by atoms with Crippen LogP contribution in [0.15, 0.2) is 11.0 Å². The number of rotatable bonds is 16. The van der Waals surface area contributed by atoms with Gasteiger partial charge in [-0.05, 0) is 51.2 Å². The number of carbonyl (C=O) groups is 2. The van der Waals surface area contributed by atoms with Crippen molar-refractivity contribution in [2.45, 2.75) is 111 Å². The Balaban J connectivity index is 2.63. The summed E-state index contributed by atoms with van der Waals surface area (Å²) in [6, 6.07) is 0. The molecule has 0 bridgehead atoms. The van der Waals surface area contributed by atoms with Crippen LogP contribution in [0.25, 0.3) is 6.08 Å². The maximum Gasteiger partial charge on any atom is 0.306 e. The number of carbonyl (C=O) groups excluding carboxylic acids is 1. The van der Waals surface area contributed by atoms with Crippen LogP contribution in [0.4, 0.5) is 0 Å². The van der Waals surface area contributed by atoms with Crippen LogP contribution in [0.3, 0.4) is 0 Å². The van der Waals surface area contributed by atoms with Gasteiger partial charge in [0.25, 0.3) is 0 Å². The number of hydrogen-bond donors (Lipinski definition) is 6. The number of aryl methyl sites for hydroxylation is 1. The fourth-order valence-corrected chi connectivity index (χ4v) is 4.94. The minimum absolute atomic E-state index is 0.0457. The number of nitrogens with zero attached hydrogens (tertiary/aromatic N) is 1. The highest BCUT2D eigenvalue weighted by molar-refractivity contribution is 7.09. The number of hydrogen-bond acceptors (Lipinski definition) is 9. The van der Waals surface area contributed by atoms with Crippen LogP contribution in [0.5, 0.6) is 0 Å². The molecule has 1 rings (SSSR count). The van der Waals surface area contributed by atoms with Gasteiger partial charge >= 0.3 is 5.97 Å². The molecular weight excluding hydrogens is 498 g/mol. The number of aliphatic hydroxyl groups is 5. The average Bonchev–Trinajstić information content (AvgIpc) is 3.20. The van der Waals surface area contributed by atoms with Crippen LogP contribution in [0.2, 0.25) is 0 Å². The maximum absolute atomic E-state index is 12.9. The predicted molar refractivity (Wildman–Crippen MR) is 143 cm³/mol. The van der Waals surface area contributed by atoms with Crippen molar-refractivity contribution in [2.24, 2.45) is 17.3 Å². The molecule has 1 aromatic rings. The second kappa shape index (κ2) is 13.9. The molecule has 0 spiro atoms. The fourth-order valence-electron chi connectivity index (χ4n) is 4.37. The summed E-state index contributed by atoms with van der Waals surface area (Å²) in [7, 11) is 0. The molecular formula is C27H45NO8S. The molecule has 0 aliphatic rings. The van der Waals surface area contributed by atoms with E-state index >= 15 is 0 Å². The number of aliphatic carboxylic acids is 1.